The van der Waals surface area contributed by atoms with Crippen molar-refractivity contribution in [1.29, 1.82) is 0 Å². The quantitative estimate of drug-likeness (QED) is 0.592. The molecule has 1 saturated carbocycles. The summed E-state index contributed by atoms with van der Waals surface area (Å²) >= 11 is 0. The van der Waals surface area contributed by atoms with E-state index in [1.165, 1.54) is 32.1 Å². The van der Waals surface area contributed by atoms with Gasteiger partial charge in [0, 0.05) is 45.8 Å². The average molecular weight is 338 g/mol. The first-order valence-corrected chi connectivity index (χ1v) is 9.44. The van der Waals surface area contributed by atoms with Gasteiger partial charge in [0.15, 0.2) is 5.96 Å². The van der Waals surface area contributed by atoms with E-state index in [0.717, 1.165) is 38.7 Å². The van der Waals surface area contributed by atoms with Crippen molar-refractivity contribution in [3.05, 3.63) is 0 Å². The van der Waals surface area contributed by atoms with Crippen molar-refractivity contribution in [3.63, 3.8) is 0 Å². The number of aliphatic imine (C=N–C) groups is 1. The Hall–Kier alpha value is -1.30. The van der Waals surface area contributed by atoms with Crippen LogP contribution in [0.4, 0.5) is 0 Å². The second-order valence-electron chi connectivity index (χ2n) is 7.17. The molecule has 1 aliphatic heterocycles. The summed E-state index contributed by atoms with van der Waals surface area (Å²) in [5, 5.41) is 3.63. The first-order chi connectivity index (χ1) is 11.6. The van der Waals surface area contributed by atoms with Crippen LogP contribution in [0.1, 0.15) is 45.4 Å². The standard InChI is InChI=1S/C18H34N4O2/c1-4-24-14-15-10-11-22(13-15)18(19-12-17(23)21(2)3)20-16-8-6-5-7-9-16/h15-16H,4-14H2,1-3H3,(H,19,20). The molecule has 1 unspecified atom stereocenters. The van der Waals surface area contributed by atoms with Gasteiger partial charge >= 0.3 is 0 Å². The minimum absolute atomic E-state index is 0.0445. The molecule has 0 radical (unpaired) electrons. The maximum absolute atomic E-state index is 11.9. The van der Waals surface area contributed by atoms with E-state index in [4.69, 9.17) is 4.74 Å². The molecule has 0 aromatic heterocycles. The third-order valence-corrected chi connectivity index (χ3v) is 4.94. The number of carbonyl (C=O) groups excluding carboxylic acids is 1. The maximum Gasteiger partial charge on any atom is 0.243 e. The van der Waals surface area contributed by atoms with Crippen LogP contribution in [0.5, 0.6) is 0 Å². The van der Waals surface area contributed by atoms with Gasteiger partial charge in [0.05, 0.1) is 6.61 Å². The van der Waals surface area contributed by atoms with Crippen molar-refractivity contribution in [2.75, 3.05) is 46.9 Å². The highest BCUT2D eigenvalue weighted by Crippen LogP contribution is 2.20. The molecule has 138 valence electrons. The van der Waals surface area contributed by atoms with Gasteiger partial charge in [-0.2, -0.15) is 0 Å². The van der Waals surface area contributed by atoms with Crippen LogP contribution in [-0.2, 0) is 9.53 Å². The van der Waals surface area contributed by atoms with Crippen LogP contribution >= 0.6 is 0 Å². The molecule has 2 rings (SSSR count). The van der Waals surface area contributed by atoms with Gasteiger partial charge in [-0.3, -0.25) is 4.79 Å². The molecular formula is C18H34N4O2. The summed E-state index contributed by atoms with van der Waals surface area (Å²) in [5.74, 6) is 1.52. The molecule has 1 heterocycles. The molecule has 6 nitrogen and oxygen atoms in total. The van der Waals surface area contributed by atoms with E-state index in [1.807, 2.05) is 6.92 Å². The number of hydrogen-bond acceptors (Lipinski definition) is 3. The fourth-order valence-corrected chi connectivity index (χ4v) is 3.40. The van der Waals surface area contributed by atoms with Crippen LogP contribution in [0.15, 0.2) is 4.99 Å². The molecule has 1 N–H and O–H groups in total. The number of likely N-dealkylation sites (N-methyl/N-ethyl adjacent to an activating group) is 1. The highest BCUT2D eigenvalue weighted by molar-refractivity contribution is 5.85. The van der Waals surface area contributed by atoms with E-state index in [-0.39, 0.29) is 12.5 Å². The summed E-state index contributed by atoms with van der Waals surface area (Å²) in [6.07, 6.45) is 7.45. The van der Waals surface area contributed by atoms with Gasteiger partial charge in [-0.05, 0) is 26.2 Å². The minimum atomic E-state index is 0.0445. The summed E-state index contributed by atoms with van der Waals surface area (Å²) in [4.78, 5) is 20.5. The number of amides is 1. The fourth-order valence-electron chi connectivity index (χ4n) is 3.40. The molecule has 2 aliphatic rings. The molecule has 1 amide bonds. The third kappa shape index (κ3) is 5.96. The summed E-state index contributed by atoms with van der Waals surface area (Å²) in [6, 6.07) is 0.498. The molecule has 0 aromatic rings. The Labute approximate surface area is 146 Å². The van der Waals surface area contributed by atoms with Crippen molar-refractivity contribution < 1.29 is 9.53 Å². The van der Waals surface area contributed by atoms with Gasteiger partial charge in [0.2, 0.25) is 5.91 Å². The number of likely N-dealkylation sites (tertiary alicyclic amines) is 1. The topological polar surface area (TPSA) is 57.2 Å². The van der Waals surface area contributed by atoms with Gasteiger partial charge in [-0.25, -0.2) is 4.99 Å². The number of ether oxygens (including phenoxy) is 1. The zero-order valence-electron chi connectivity index (χ0n) is 15.6. The Morgan fingerprint density at radius 2 is 2.00 bits per heavy atom. The highest BCUT2D eigenvalue weighted by Gasteiger charge is 2.27. The van der Waals surface area contributed by atoms with Crippen molar-refractivity contribution in [2.45, 2.75) is 51.5 Å². The SMILES string of the molecule is CCOCC1CCN(C(=NCC(=O)N(C)C)NC2CCCCC2)C1. The maximum atomic E-state index is 11.9. The fraction of sp³-hybridized carbons (Fsp3) is 0.889. The van der Waals surface area contributed by atoms with E-state index < -0.39 is 0 Å². The van der Waals surface area contributed by atoms with Crippen LogP contribution in [0, 0.1) is 5.92 Å². The first kappa shape index (κ1) is 19.0. The zero-order chi connectivity index (χ0) is 17.4. The van der Waals surface area contributed by atoms with Crippen LogP contribution in [0.25, 0.3) is 0 Å². The number of guanidine groups is 1. The largest absolute Gasteiger partial charge is 0.381 e. The van der Waals surface area contributed by atoms with Gasteiger partial charge < -0.3 is 19.9 Å². The van der Waals surface area contributed by atoms with Crippen molar-refractivity contribution in [2.24, 2.45) is 10.9 Å². The Morgan fingerprint density at radius 1 is 1.25 bits per heavy atom. The summed E-state index contributed by atoms with van der Waals surface area (Å²) in [6.45, 7) is 5.81. The van der Waals surface area contributed by atoms with Gasteiger partial charge in [-0.15, -0.1) is 0 Å². The highest BCUT2D eigenvalue weighted by atomic mass is 16.5. The lowest BCUT2D eigenvalue weighted by molar-refractivity contribution is -0.127. The van der Waals surface area contributed by atoms with E-state index in [0.29, 0.717) is 12.0 Å². The lowest BCUT2D eigenvalue weighted by Crippen LogP contribution is -2.46. The number of hydrogen-bond donors (Lipinski definition) is 1. The van der Waals surface area contributed by atoms with E-state index in [1.54, 1.807) is 19.0 Å². The zero-order valence-corrected chi connectivity index (χ0v) is 15.6. The molecule has 1 aliphatic carbocycles. The summed E-state index contributed by atoms with van der Waals surface area (Å²) in [7, 11) is 3.56. The van der Waals surface area contributed by atoms with Crippen LogP contribution < -0.4 is 5.32 Å². The molecule has 24 heavy (non-hydrogen) atoms. The third-order valence-electron chi connectivity index (χ3n) is 4.94. The molecule has 6 heteroatoms. The smallest absolute Gasteiger partial charge is 0.243 e. The summed E-state index contributed by atoms with van der Waals surface area (Å²) < 4.78 is 5.58. The monoisotopic (exact) mass is 338 g/mol. The van der Waals surface area contributed by atoms with Crippen molar-refractivity contribution in [3.8, 4) is 0 Å². The lowest BCUT2D eigenvalue weighted by atomic mass is 9.96. The Kier molecular flexibility index (Phi) is 7.82. The van der Waals surface area contributed by atoms with Gasteiger partial charge in [0.25, 0.3) is 0 Å². The number of nitrogens with zero attached hydrogens (tertiary/aromatic N) is 3. The minimum Gasteiger partial charge on any atom is -0.381 e. The molecular weight excluding hydrogens is 304 g/mol. The molecule has 1 saturated heterocycles. The lowest BCUT2D eigenvalue weighted by Gasteiger charge is -2.29. The van der Waals surface area contributed by atoms with Crippen LogP contribution in [0.2, 0.25) is 0 Å². The number of carbonyl (C=O) groups is 1. The number of nitrogens with one attached hydrogen (secondary N) is 1. The second kappa shape index (κ2) is 9.87. The average Bonchev–Trinajstić information content (AvgIpc) is 3.06. The van der Waals surface area contributed by atoms with Gasteiger partial charge in [0.1, 0.15) is 6.54 Å². The molecule has 2 fully saturated rings. The van der Waals surface area contributed by atoms with Crippen molar-refractivity contribution in [1.82, 2.24) is 15.1 Å². The predicted molar refractivity (Wildman–Crippen MR) is 97.2 cm³/mol. The molecule has 0 bridgehead atoms. The van der Waals surface area contributed by atoms with E-state index in [9.17, 15) is 4.79 Å². The van der Waals surface area contributed by atoms with Gasteiger partial charge in [-0.1, -0.05) is 19.3 Å². The van der Waals surface area contributed by atoms with E-state index >= 15 is 0 Å². The Bertz CT molecular complexity index is 419. The van der Waals surface area contributed by atoms with E-state index in [2.05, 4.69) is 15.2 Å². The van der Waals surface area contributed by atoms with Crippen LogP contribution in [-0.4, -0.2) is 74.7 Å². The molecule has 0 aromatic carbocycles. The normalized spacial score (nSPS) is 22.7. The predicted octanol–water partition coefficient (Wildman–Crippen LogP) is 1.71. The first-order valence-electron chi connectivity index (χ1n) is 9.44. The Balaban J connectivity index is 1.96. The molecule has 1 atom stereocenters. The second-order valence-corrected chi connectivity index (χ2v) is 7.17. The summed E-state index contributed by atoms with van der Waals surface area (Å²) in [5.41, 5.74) is 0. The van der Waals surface area contributed by atoms with Crippen molar-refractivity contribution >= 4 is 11.9 Å². The van der Waals surface area contributed by atoms with Crippen LogP contribution in [0.3, 0.4) is 0 Å². The Morgan fingerprint density at radius 3 is 2.67 bits per heavy atom. The molecule has 0 spiro atoms. The number of rotatable bonds is 6.